The van der Waals surface area contributed by atoms with Gasteiger partial charge in [0.05, 0.1) is 6.20 Å². The van der Waals surface area contributed by atoms with Gasteiger partial charge in [0.25, 0.3) is 0 Å². The summed E-state index contributed by atoms with van der Waals surface area (Å²) in [4.78, 5) is 3.20. The van der Waals surface area contributed by atoms with Gasteiger partial charge in [-0.05, 0) is 24.6 Å². The molecule has 1 radical (unpaired) electrons. The summed E-state index contributed by atoms with van der Waals surface area (Å²) in [6.45, 7) is 2.04. The first-order valence-electron chi connectivity index (χ1n) is 5.33. The molecule has 0 amide bonds. The second-order valence-corrected chi connectivity index (χ2v) is 3.85. The van der Waals surface area contributed by atoms with Crippen LogP contribution in [0.3, 0.4) is 0 Å². The maximum atomic E-state index is 3.32. The van der Waals surface area contributed by atoms with Gasteiger partial charge in [-0.2, -0.15) is 0 Å². The highest BCUT2D eigenvalue weighted by molar-refractivity contribution is 5.92. The standard InChI is InChI=1S/C13H13N2/c1-2-4-13-11(3-1)12(9-15-13)10-5-7-14-8-6-10/h1-5,14-15H,6-8H2. The van der Waals surface area contributed by atoms with Gasteiger partial charge < -0.3 is 10.3 Å². The van der Waals surface area contributed by atoms with Crippen molar-refractivity contribution in [1.82, 2.24) is 10.3 Å². The Balaban J connectivity index is 2.14. The monoisotopic (exact) mass is 197 g/mol. The van der Waals surface area contributed by atoms with Gasteiger partial charge in [0.1, 0.15) is 0 Å². The maximum Gasteiger partial charge on any atom is 0.0713 e. The van der Waals surface area contributed by atoms with E-state index in [9.17, 15) is 0 Å². The van der Waals surface area contributed by atoms with Crippen molar-refractivity contribution in [1.29, 1.82) is 0 Å². The average molecular weight is 197 g/mol. The quantitative estimate of drug-likeness (QED) is 0.721. The third-order valence-corrected chi connectivity index (χ3v) is 2.90. The molecule has 1 aliphatic heterocycles. The second-order valence-electron chi connectivity index (χ2n) is 3.85. The Hall–Kier alpha value is -1.54. The molecule has 2 N–H and O–H groups in total. The zero-order valence-electron chi connectivity index (χ0n) is 8.51. The van der Waals surface area contributed by atoms with Crippen LogP contribution >= 0.6 is 0 Å². The van der Waals surface area contributed by atoms with Gasteiger partial charge in [-0.15, -0.1) is 0 Å². The van der Waals surface area contributed by atoms with E-state index >= 15 is 0 Å². The average Bonchev–Trinajstić information content (AvgIpc) is 2.74. The summed E-state index contributed by atoms with van der Waals surface area (Å²) in [6.07, 6.45) is 6.62. The molecule has 0 saturated heterocycles. The van der Waals surface area contributed by atoms with Crippen LogP contribution in [-0.2, 0) is 0 Å². The molecular weight excluding hydrogens is 184 g/mol. The molecule has 75 valence electrons. The van der Waals surface area contributed by atoms with E-state index in [4.69, 9.17) is 0 Å². The highest BCUT2D eigenvalue weighted by Crippen LogP contribution is 2.26. The van der Waals surface area contributed by atoms with Crippen LogP contribution in [0.25, 0.3) is 16.5 Å². The fourth-order valence-electron chi connectivity index (χ4n) is 2.11. The first kappa shape index (κ1) is 8.74. The molecule has 2 nitrogen and oxygen atoms in total. The van der Waals surface area contributed by atoms with E-state index in [1.54, 1.807) is 0 Å². The Labute approximate surface area is 89.0 Å². The zero-order chi connectivity index (χ0) is 10.1. The molecule has 2 heteroatoms. The molecule has 0 fully saturated rings. The summed E-state index contributed by atoms with van der Waals surface area (Å²) in [6, 6.07) is 8.37. The third-order valence-electron chi connectivity index (χ3n) is 2.90. The van der Waals surface area contributed by atoms with Crippen LogP contribution in [0.1, 0.15) is 12.0 Å². The van der Waals surface area contributed by atoms with Crippen molar-refractivity contribution in [3.8, 4) is 0 Å². The fraction of sp³-hybridized carbons (Fsp3) is 0.231. The van der Waals surface area contributed by atoms with E-state index in [0.717, 1.165) is 19.5 Å². The van der Waals surface area contributed by atoms with Crippen molar-refractivity contribution in [2.24, 2.45) is 0 Å². The number of hydrogen-bond donors (Lipinski definition) is 2. The number of hydrogen-bond acceptors (Lipinski definition) is 1. The van der Waals surface area contributed by atoms with Crippen LogP contribution in [0.15, 0.2) is 30.3 Å². The summed E-state index contributed by atoms with van der Waals surface area (Å²) < 4.78 is 0. The number of aromatic amines is 1. The number of nitrogens with one attached hydrogen (secondary N) is 2. The molecule has 2 aromatic rings. The summed E-state index contributed by atoms with van der Waals surface area (Å²) in [5.74, 6) is 0. The smallest absolute Gasteiger partial charge is 0.0713 e. The van der Waals surface area contributed by atoms with Crippen LogP contribution in [0.4, 0.5) is 0 Å². The van der Waals surface area contributed by atoms with Crippen LogP contribution in [0, 0.1) is 6.20 Å². The lowest BCUT2D eigenvalue weighted by atomic mass is 10.00. The lowest BCUT2D eigenvalue weighted by Crippen LogP contribution is -2.19. The van der Waals surface area contributed by atoms with E-state index in [2.05, 4.69) is 40.8 Å². The van der Waals surface area contributed by atoms with Gasteiger partial charge in [-0.25, -0.2) is 0 Å². The number of para-hydroxylation sites is 1. The van der Waals surface area contributed by atoms with Gasteiger partial charge >= 0.3 is 0 Å². The lowest BCUT2D eigenvalue weighted by Gasteiger charge is -2.12. The van der Waals surface area contributed by atoms with E-state index < -0.39 is 0 Å². The third kappa shape index (κ3) is 1.47. The van der Waals surface area contributed by atoms with Gasteiger partial charge in [0.2, 0.25) is 0 Å². The van der Waals surface area contributed by atoms with Crippen molar-refractivity contribution in [2.75, 3.05) is 13.1 Å². The summed E-state index contributed by atoms with van der Waals surface area (Å²) >= 11 is 0. The van der Waals surface area contributed by atoms with E-state index in [1.165, 1.54) is 22.0 Å². The Morgan fingerprint density at radius 1 is 1.20 bits per heavy atom. The molecule has 0 saturated carbocycles. The number of rotatable bonds is 1. The lowest BCUT2D eigenvalue weighted by molar-refractivity contribution is 0.739. The molecule has 0 bridgehead atoms. The van der Waals surface area contributed by atoms with Crippen LogP contribution in [-0.4, -0.2) is 18.1 Å². The molecule has 2 heterocycles. The maximum absolute atomic E-state index is 3.32. The van der Waals surface area contributed by atoms with Crippen molar-refractivity contribution in [2.45, 2.75) is 6.42 Å². The highest BCUT2D eigenvalue weighted by Gasteiger charge is 2.10. The Morgan fingerprint density at radius 2 is 2.13 bits per heavy atom. The van der Waals surface area contributed by atoms with Crippen molar-refractivity contribution < 1.29 is 0 Å². The van der Waals surface area contributed by atoms with Gasteiger partial charge in [-0.3, -0.25) is 0 Å². The molecule has 0 unspecified atom stereocenters. The minimum Gasteiger partial charge on any atom is -0.353 e. The minimum atomic E-state index is 0.975. The molecular formula is C13H13N2. The predicted molar refractivity (Wildman–Crippen MR) is 62.6 cm³/mol. The highest BCUT2D eigenvalue weighted by atomic mass is 14.8. The second kappa shape index (κ2) is 3.55. The summed E-state index contributed by atoms with van der Waals surface area (Å²) in [5, 5.41) is 4.61. The summed E-state index contributed by atoms with van der Waals surface area (Å²) in [5.41, 5.74) is 3.82. The topological polar surface area (TPSA) is 27.8 Å². The first-order chi connectivity index (χ1) is 7.45. The molecule has 1 aromatic heterocycles. The zero-order valence-corrected chi connectivity index (χ0v) is 8.51. The van der Waals surface area contributed by atoms with Crippen molar-refractivity contribution in [3.05, 3.63) is 42.1 Å². The fourth-order valence-corrected chi connectivity index (χ4v) is 2.11. The van der Waals surface area contributed by atoms with Crippen LogP contribution < -0.4 is 5.32 Å². The SMILES string of the molecule is [c]1[nH]c2ccccc2c1C1=CCNCC1. The van der Waals surface area contributed by atoms with Crippen molar-refractivity contribution >= 4 is 16.5 Å². The van der Waals surface area contributed by atoms with Gasteiger partial charge in [0, 0.05) is 23.0 Å². The van der Waals surface area contributed by atoms with E-state index in [0.29, 0.717) is 0 Å². The molecule has 0 atom stereocenters. The Bertz CT molecular complexity index is 508. The van der Waals surface area contributed by atoms with Gasteiger partial charge in [-0.1, -0.05) is 24.3 Å². The molecule has 0 aliphatic carbocycles. The molecule has 15 heavy (non-hydrogen) atoms. The first-order valence-corrected chi connectivity index (χ1v) is 5.33. The van der Waals surface area contributed by atoms with Gasteiger partial charge in [0.15, 0.2) is 0 Å². The number of H-pyrrole nitrogens is 1. The number of aromatic nitrogens is 1. The normalized spacial score (nSPS) is 16.7. The largest absolute Gasteiger partial charge is 0.353 e. The number of benzene rings is 1. The minimum absolute atomic E-state index is 0.975. The van der Waals surface area contributed by atoms with Crippen molar-refractivity contribution in [3.63, 3.8) is 0 Å². The summed E-state index contributed by atoms with van der Waals surface area (Å²) in [7, 11) is 0. The predicted octanol–water partition coefficient (Wildman–Crippen LogP) is 2.34. The van der Waals surface area contributed by atoms with E-state index in [1.807, 2.05) is 6.07 Å². The van der Waals surface area contributed by atoms with E-state index in [-0.39, 0.29) is 0 Å². The molecule has 0 spiro atoms. The molecule has 1 aromatic carbocycles. The van der Waals surface area contributed by atoms with Crippen LogP contribution in [0.2, 0.25) is 0 Å². The number of fused-ring (bicyclic) bond motifs is 1. The molecule has 3 rings (SSSR count). The Morgan fingerprint density at radius 3 is 3.00 bits per heavy atom. The van der Waals surface area contributed by atoms with Crippen LogP contribution in [0.5, 0.6) is 0 Å². The Kier molecular flexibility index (Phi) is 2.07. The molecule has 1 aliphatic rings.